The highest BCUT2D eigenvalue weighted by Crippen LogP contribution is 1.98. The average Bonchev–Trinajstić information content (AvgIpc) is 2.32. The van der Waals surface area contributed by atoms with Crippen LogP contribution in [0.1, 0.15) is 33.6 Å². The van der Waals surface area contributed by atoms with E-state index in [1.54, 1.807) is 0 Å². The van der Waals surface area contributed by atoms with Crippen LogP contribution in [-0.2, 0) is 4.79 Å². The molecule has 0 aromatic carbocycles. The summed E-state index contributed by atoms with van der Waals surface area (Å²) < 4.78 is 0. The fraction of sp³-hybridized carbons (Fsp3) is 0.692. The Kier molecular flexibility index (Phi) is 8.90. The largest absolute Gasteiger partial charge is 0.384 e. The number of hydrogen-bond acceptors (Lipinski definition) is 4. The van der Waals surface area contributed by atoms with Gasteiger partial charge >= 0.3 is 0 Å². The molecule has 0 bridgehead atoms. The maximum absolute atomic E-state index is 11.1. The van der Waals surface area contributed by atoms with E-state index in [0.29, 0.717) is 4.86 Å². The van der Waals surface area contributed by atoms with Crippen molar-refractivity contribution in [2.24, 2.45) is 0 Å². The second kappa shape index (κ2) is 9.31. The van der Waals surface area contributed by atoms with Gasteiger partial charge in [0.2, 0.25) is 0 Å². The first-order chi connectivity index (χ1) is 8.02. The Hall–Kier alpha value is -0.740. The van der Waals surface area contributed by atoms with Gasteiger partial charge in [-0.1, -0.05) is 25.2 Å². The Morgan fingerprint density at radius 2 is 2.06 bits per heavy atom. The van der Waals surface area contributed by atoms with E-state index in [0.717, 1.165) is 38.2 Å². The molecule has 0 fully saturated rings. The van der Waals surface area contributed by atoms with Gasteiger partial charge in [0.15, 0.2) is 5.78 Å². The number of carbonyl (C=O) groups is 1. The molecule has 0 unspecified atom stereocenters. The monoisotopic (exact) mass is 256 g/mol. The van der Waals surface area contributed by atoms with E-state index in [-0.39, 0.29) is 5.78 Å². The number of ketones is 1. The van der Waals surface area contributed by atoms with Crippen molar-refractivity contribution < 1.29 is 4.79 Å². The average molecular weight is 256 g/mol. The molecule has 0 radical (unpaired) electrons. The van der Waals surface area contributed by atoms with Crippen molar-refractivity contribution in [3.8, 4) is 0 Å². The first-order valence-electron chi connectivity index (χ1n) is 6.16. The van der Waals surface area contributed by atoms with Gasteiger partial charge < -0.3 is 10.2 Å². The topological polar surface area (TPSA) is 32.3 Å². The lowest BCUT2D eigenvalue weighted by Gasteiger charge is -2.14. The third-order valence-corrected chi connectivity index (χ3v) is 3.18. The predicted molar refractivity (Wildman–Crippen MR) is 77.4 cm³/mol. The van der Waals surface area contributed by atoms with Gasteiger partial charge in [-0.15, -0.1) is 0 Å². The number of rotatable bonds is 9. The van der Waals surface area contributed by atoms with Gasteiger partial charge in [0.05, 0.1) is 5.70 Å². The minimum atomic E-state index is -0.0497. The van der Waals surface area contributed by atoms with E-state index >= 15 is 0 Å². The van der Waals surface area contributed by atoms with Crippen LogP contribution in [0.4, 0.5) is 0 Å². The van der Waals surface area contributed by atoms with E-state index in [1.165, 1.54) is 6.92 Å². The molecule has 4 heteroatoms. The van der Waals surface area contributed by atoms with Crippen molar-refractivity contribution in [1.29, 1.82) is 0 Å². The molecule has 0 spiro atoms. The van der Waals surface area contributed by atoms with Crippen molar-refractivity contribution in [2.45, 2.75) is 33.6 Å². The molecule has 0 rings (SSSR count). The Bertz CT molecular complexity index is 287. The summed E-state index contributed by atoms with van der Waals surface area (Å²) in [7, 11) is 2.12. The molecule has 0 saturated carbocycles. The normalized spacial score (nSPS) is 11.7. The SMILES string of the molecule is C/C=C(\NCCCCN(C)CC)C(=S)C(C)=O. The first-order valence-corrected chi connectivity index (χ1v) is 6.57. The number of Topliss-reactive ketones (excluding diaryl/α,β-unsaturated/α-hetero) is 1. The van der Waals surface area contributed by atoms with Crippen LogP contribution in [0.15, 0.2) is 11.8 Å². The summed E-state index contributed by atoms with van der Waals surface area (Å²) in [5, 5.41) is 3.22. The molecule has 98 valence electrons. The summed E-state index contributed by atoms with van der Waals surface area (Å²) in [5.41, 5.74) is 0.788. The Balaban J connectivity index is 3.80. The zero-order valence-corrected chi connectivity index (χ0v) is 12.2. The summed E-state index contributed by atoms with van der Waals surface area (Å²) in [5.74, 6) is -0.0497. The van der Waals surface area contributed by atoms with Crippen LogP contribution in [0, 0.1) is 0 Å². The maximum Gasteiger partial charge on any atom is 0.172 e. The van der Waals surface area contributed by atoms with E-state index in [2.05, 4.69) is 24.2 Å². The fourth-order valence-electron chi connectivity index (χ4n) is 1.39. The molecule has 17 heavy (non-hydrogen) atoms. The Morgan fingerprint density at radius 3 is 2.53 bits per heavy atom. The van der Waals surface area contributed by atoms with E-state index < -0.39 is 0 Å². The van der Waals surface area contributed by atoms with E-state index in [9.17, 15) is 4.79 Å². The standard InChI is InChI=1S/C13H24N2OS/c1-5-12(13(17)11(3)16)14-9-7-8-10-15(4)6-2/h5,14H,6-10H2,1-4H3/b12-5-. The van der Waals surface area contributed by atoms with Crippen LogP contribution in [0.3, 0.4) is 0 Å². The number of nitrogens with one attached hydrogen (secondary N) is 1. The molecule has 0 atom stereocenters. The molecule has 0 saturated heterocycles. The lowest BCUT2D eigenvalue weighted by molar-refractivity contribution is -0.110. The van der Waals surface area contributed by atoms with Crippen molar-refractivity contribution in [1.82, 2.24) is 10.2 Å². The van der Waals surface area contributed by atoms with Gasteiger partial charge in [0.25, 0.3) is 0 Å². The number of unbranched alkanes of at least 4 members (excludes halogenated alkanes) is 1. The lowest BCUT2D eigenvalue weighted by Crippen LogP contribution is -2.25. The van der Waals surface area contributed by atoms with Gasteiger partial charge in [-0.25, -0.2) is 0 Å². The second-order valence-corrected chi connectivity index (χ2v) is 4.53. The molecule has 0 heterocycles. The van der Waals surface area contributed by atoms with E-state index in [4.69, 9.17) is 12.2 Å². The summed E-state index contributed by atoms with van der Waals surface area (Å²) in [6.07, 6.45) is 4.10. The number of nitrogens with zero attached hydrogens (tertiary/aromatic N) is 1. The maximum atomic E-state index is 11.1. The molecule has 0 aliphatic heterocycles. The van der Waals surface area contributed by atoms with Gasteiger partial charge in [0, 0.05) is 13.5 Å². The fourth-order valence-corrected chi connectivity index (χ4v) is 1.58. The number of hydrogen-bond donors (Lipinski definition) is 1. The Morgan fingerprint density at radius 1 is 1.41 bits per heavy atom. The summed E-state index contributed by atoms with van der Waals surface area (Å²) in [4.78, 5) is 13.8. The predicted octanol–water partition coefficient (Wildman–Crippen LogP) is 2.17. The van der Waals surface area contributed by atoms with Crippen LogP contribution < -0.4 is 5.32 Å². The number of thiocarbonyl (C=S) groups is 1. The van der Waals surface area contributed by atoms with E-state index in [1.807, 2.05) is 13.0 Å². The van der Waals surface area contributed by atoms with Gasteiger partial charge in [-0.3, -0.25) is 4.79 Å². The molecular weight excluding hydrogens is 232 g/mol. The third kappa shape index (κ3) is 7.23. The molecule has 0 aliphatic carbocycles. The number of allylic oxidation sites excluding steroid dienone is 2. The summed E-state index contributed by atoms with van der Waals surface area (Å²) >= 11 is 5.05. The lowest BCUT2D eigenvalue weighted by atomic mass is 10.2. The van der Waals surface area contributed by atoms with Crippen LogP contribution in [-0.4, -0.2) is 42.2 Å². The summed E-state index contributed by atoms with van der Waals surface area (Å²) in [6.45, 7) is 8.61. The highest BCUT2D eigenvalue weighted by molar-refractivity contribution is 7.82. The minimum Gasteiger partial charge on any atom is -0.384 e. The first kappa shape index (κ1) is 16.3. The summed E-state index contributed by atoms with van der Waals surface area (Å²) in [6, 6.07) is 0. The van der Waals surface area contributed by atoms with Gasteiger partial charge in [-0.2, -0.15) is 0 Å². The van der Waals surface area contributed by atoms with Gasteiger partial charge in [-0.05, 0) is 39.9 Å². The molecule has 0 amide bonds. The molecule has 0 aromatic heterocycles. The zero-order chi connectivity index (χ0) is 13.3. The molecule has 3 nitrogen and oxygen atoms in total. The molecule has 0 aliphatic rings. The minimum absolute atomic E-state index is 0.0497. The second-order valence-electron chi connectivity index (χ2n) is 4.12. The van der Waals surface area contributed by atoms with Crippen LogP contribution in [0.2, 0.25) is 0 Å². The van der Waals surface area contributed by atoms with Crippen molar-refractivity contribution >= 4 is 22.9 Å². The van der Waals surface area contributed by atoms with Crippen LogP contribution in [0.25, 0.3) is 0 Å². The smallest absolute Gasteiger partial charge is 0.172 e. The zero-order valence-electron chi connectivity index (χ0n) is 11.4. The van der Waals surface area contributed by atoms with Crippen molar-refractivity contribution in [2.75, 3.05) is 26.7 Å². The Labute approximate surface area is 110 Å². The van der Waals surface area contributed by atoms with Crippen molar-refractivity contribution in [3.05, 3.63) is 11.8 Å². The van der Waals surface area contributed by atoms with Crippen LogP contribution in [0.5, 0.6) is 0 Å². The molecule has 0 aromatic rings. The highest BCUT2D eigenvalue weighted by Gasteiger charge is 2.07. The molecule has 1 N–H and O–H groups in total. The van der Waals surface area contributed by atoms with Gasteiger partial charge in [0.1, 0.15) is 4.86 Å². The van der Waals surface area contributed by atoms with Crippen LogP contribution >= 0.6 is 12.2 Å². The number of carbonyl (C=O) groups excluding carboxylic acids is 1. The highest BCUT2D eigenvalue weighted by atomic mass is 32.1. The quantitative estimate of drug-likeness (QED) is 0.389. The third-order valence-electron chi connectivity index (χ3n) is 2.67. The molecular formula is C13H24N2OS. The van der Waals surface area contributed by atoms with Crippen molar-refractivity contribution in [3.63, 3.8) is 0 Å².